The van der Waals surface area contributed by atoms with E-state index in [0.29, 0.717) is 6.54 Å². The molecule has 24 heavy (non-hydrogen) atoms. The quantitative estimate of drug-likeness (QED) is 0.401. The number of hydrogen-bond acceptors (Lipinski definition) is 4. The molecule has 2 N–H and O–H groups in total. The van der Waals surface area contributed by atoms with Gasteiger partial charge in [0.25, 0.3) is 0 Å². The Morgan fingerprint density at radius 1 is 1.21 bits per heavy atom. The Morgan fingerprint density at radius 3 is 2.58 bits per heavy atom. The fourth-order valence-corrected chi connectivity index (χ4v) is 2.38. The van der Waals surface area contributed by atoms with Crippen molar-refractivity contribution in [2.24, 2.45) is 10.9 Å². The average molecular weight is 331 g/mol. The Hall–Kier alpha value is -2.54. The lowest BCUT2D eigenvalue weighted by molar-refractivity contribution is -0.858. The van der Waals surface area contributed by atoms with Crippen LogP contribution in [0.2, 0.25) is 0 Å². The second-order valence-electron chi connectivity index (χ2n) is 6.05. The van der Waals surface area contributed by atoms with Crippen molar-refractivity contribution in [3.63, 3.8) is 0 Å². The standard InChI is InChI=1S/C17H22N4O3/c1-20(2)10-6-9-18-11-14-15(22)19-17(24)21(16(14)23)12-13-7-4-3-5-8-13/h3-5,7-8,11,14H,6,9-10,12H2,1-2H3,(H,19,22,24)/p+1. The summed E-state index contributed by atoms with van der Waals surface area (Å²) in [5.41, 5.74) is 0.819. The second kappa shape index (κ2) is 8.35. The highest BCUT2D eigenvalue weighted by Crippen LogP contribution is 2.13. The number of quaternary nitrogens is 1. The zero-order chi connectivity index (χ0) is 17.5. The third-order valence-electron chi connectivity index (χ3n) is 3.69. The van der Waals surface area contributed by atoms with Gasteiger partial charge in [0.1, 0.15) is 0 Å². The third kappa shape index (κ3) is 4.73. The second-order valence-corrected chi connectivity index (χ2v) is 6.05. The molecule has 1 aliphatic rings. The zero-order valence-corrected chi connectivity index (χ0v) is 14.0. The summed E-state index contributed by atoms with van der Waals surface area (Å²) < 4.78 is 0. The Balaban J connectivity index is 2.01. The summed E-state index contributed by atoms with van der Waals surface area (Å²) in [7, 11) is 4.10. The number of amides is 4. The highest BCUT2D eigenvalue weighted by molar-refractivity contribution is 6.23. The molecule has 128 valence electrons. The van der Waals surface area contributed by atoms with Crippen molar-refractivity contribution in [2.45, 2.75) is 13.0 Å². The molecule has 1 heterocycles. The predicted molar refractivity (Wildman–Crippen MR) is 89.7 cm³/mol. The summed E-state index contributed by atoms with van der Waals surface area (Å²) in [5, 5.41) is 2.22. The fourth-order valence-electron chi connectivity index (χ4n) is 2.38. The first-order valence-electron chi connectivity index (χ1n) is 7.98. The van der Waals surface area contributed by atoms with Crippen LogP contribution in [0.1, 0.15) is 12.0 Å². The van der Waals surface area contributed by atoms with E-state index in [9.17, 15) is 14.4 Å². The lowest BCUT2D eigenvalue weighted by atomic mass is 10.1. The Morgan fingerprint density at radius 2 is 1.92 bits per heavy atom. The monoisotopic (exact) mass is 331 g/mol. The van der Waals surface area contributed by atoms with Gasteiger partial charge in [-0.15, -0.1) is 0 Å². The third-order valence-corrected chi connectivity index (χ3v) is 3.69. The number of rotatable bonds is 7. The van der Waals surface area contributed by atoms with Gasteiger partial charge in [-0.1, -0.05) is 30.3 Å². The van der Waals surface area contributed by atoms with Gasteiger partial charge in [-0.2, -0.15) is 0 Å². The van der Waals surface area contributed by atoms with Crippen LogP contribution in [0.25, 0.3) is 0 Å². The van der Waals surface area contributed by atoms with Gasteiger partial charge in [0, 0.05) is 19.2 Å². The number of urea groups is 1. The van der Waals surface area contributed by atoms with Crippen LogP contribution in [0, 0.1) is 5.92 Å². The maximum absolute atomic E-state index is 12.5. The zero-order valence-electron chi connectivity index (χ0n) is 14.0. The normalized spacial score (nSPS) is 18.5. The molecule has 0 radical (unpaired) electrons. The summed E-state index contributed by atoms with van der Waals surface area (Å²) in [6.07, 6.45) is 2.22. The molecule has 7 nitrogen and oxygen atoms in total. The Labute approximate surface area is 141 Å². The average Bonchev–Trinajstić information content (AvgIpc) is 2.54. The van der Waals surface area contributed by atoms with Crippen molar-refractivity contribution in [3.8, 4) is 0 Å². The molecule has 1 saturated heterocycles. The predicted octanol–water partition coefficient (Wildman–Crippen LogP) is -0.513. The first-order valence-corrected chi connectivity index (χ1v) is 7.98. The highest BCUT2D eigenvalue weighted by atomic mass is 16.2. The molecule has 1 aliphatic heterocycles. The van der Waals surface area contributed by atoms with Crippen LogP contribution in [0.15, 0.2) is 35.3 Å². The SMILES string of the molecule is C[NH+](C)CCCN=CC1C(=O)NC(=O)N(Cc2ccccc2)C1=O. The lowest BCUT2D eigenvalue weighted by Crippen LogP contribution is -3.05. The molecule has 0 aromatic heterocycles. The molecule has 7 heteroatoms. The van der Waals surface area contributed by atoms with Gasteiger partial charge in [0.05, 0.1) is 27.2 Å². The van der Waals surface area contributed by atoms with Crippen molar-refractivity contribution in [1.82, 2.24) is 10.2 Å². The summed E-state index contributed by atoms with van der Waals surface area (Å²) in [4.78, 5) is 42.9. The van der Waals surface area contributed by atoms with E-state index in [4.69, 9.17) is 0 Å². The molecule has 1 unspecified atom stereocenters. The summed E-state index contributed by atoms with van der Waals surface area (Å²) in [6.45, 7) is 1.64. The van der Waals surface area contributed by atoms with Crippen molar-refractivity contribution in [1.29, 1.82) is 0 Å². The van der Waals surface area contributed by atoms with Crippen LogP contribution in [0.3, 0.4) is 0 Å². The van der Waals surface area contributed by atoms with Crippen molar-refractivity contribution in [2.75, 3.05) is 27.2 Å². The number of carbonyl (C=O) groups excluding carboxylic acids is 3. The summed E-state index contributed by atoms with van der Waals surface area (Å²) >= 11 is 0. The number of carbonyl (C=O) groups is 3. The molecule has 0 saturated carbocycles. The van der Waals surface area contributed by atoms with E-state index in [1.165, 1.54) is 11.1 Å². The van der Waals surface area contributed by atoms with Gasteiger partial charge >= 0.3 is 6.03 Å². The molecule has 4 amide bonds. The number of imide groups is 2. The van der Waals surface area contributed by atoms with Gasteiger partial charge in [-0.3, -0.25) is 24.8 Å². The minimum Gasteiger partial charge on any atom is -0.340 e. The van der Waals surface area contributed by atoms with E-state index in [0.717, 1.165) is 23.4 Å². The summed E-state index contributed by atoms with van der Waals surface area (Å²) in [6, 6.07) is 8.48. The van der Waals surface area contributed by atoms with E-state index in [-0.39, 0.29) is 6.54 Å². The number of barbiturate groups is 1. The van der Waals surface area contributed by atoms with Crippen LogP contribution >= 0.6 is 0 Å². The number of hydrogen-bond donors (Lipinski definition) is 2. The molecule has 0 spiro atoms. The lowest BCUT2D eigenvalue weighted by Gasteiger charge is -2.28. The molecular weight excluding hydrogens is 308 g/mol. The molecule has 1 aromatic rings. The molecule has 0 aliphatic carbocycles. The van der Waals surface area contributed by atoms with E-state index in [1.54, 1.807) is 0 Å². The molecule has 0 bridgehead atoms. The van der Waals surface area contributed by atoms with Gasteiger partial charge < -0.3 is 4.90 Å². The van der Waals surface area contributed by atoms with Crippen LogP contribution in [-0.2, 0) is 16.1 Å². The smallest absolute Gasteiger partial charge is 0.331 e. The minimum absolute atomic E-state index is 0.132. The highest BCUT2D eigenvalue weighted by Gasteiger charge is 2.39. The number of nitrogens with zero attached hydrogens (tertiary/aromatic N) is 2. The summed E-state index contributed by atoms with van der Waals surface area (Å²) in [5.74, 6) is -2.19. The molecule has 1 aromatic carbocycles. The van der Waals surface area contributed by atoms with Crippen molar-refractivity contribution in [3.05, 3.63) is 35.9 Å². The largest absolute Gasteiger partial charge is 0.340 e. The maximum Gasteiger partial charge on any atom is 0.331 e. The topological polar surface area (TPSA) is 83.3 Å². The van der Waals surface area contributed by atoms with Gasteiger partial charge in [-0.05, 0) is 5.56 Å². The number of benzene rings is 1. The first kappa shape index (κ1) is 17.8. The van der Waals surface area contributed by atoms with Crippen molar-refractivity contribution < 1.29 is 19.3 Å². The minimum atomic E-state index is -1.04. The molecule has 1 atom stereocenters. The van der Waals surface area contributed by atoms with Gasteiger partial charge in [0.2, 0.25) is 11.8 Å². The maximum atomic E-state index is 12.5. The number of nitrogens with one attached hydrogen (secondary N) is 2. The van der Waals surface area contributed by atoms with Gasteiger partial charge in [-0.25, -0.2) is 4.79 Å². The van der Waals surface area contributed by atoms with Crippen LogP contribution < -0.4 is 10.2 Å². The number of aliphatic imine (C=N–C) groups is 1. The van der Waals surface area contributed by atoms with E-state index >= 15 is 0 Å². The van der Waals surface area contributed by atoms with Crippen LogP contribution in [-0.4, -0.2) is 56.1 Å². The fraction of sp³-hybridized carbons (Fsp3) is 0.412. The van der Waals surface area contributed by atoms with E-state index < -0.39 is 23.8 Å². The van der Waals surface area contributed by atoms with Gasteiger partial charge in [0.15, 0.2) is 5.92 Å². The Bertz CT molecular complexity index is 628. The molecule has 1 fully saturated rings. The molecule has 2 rings (SSSR count). The van der Waals surface area contributed by atoms with E-state index in [1.807, 2.05) is 30.3 Å². The first-order chi connectivity index (χ1) is 11.5. The van der Waals surface area contributed by atoms with Crippen molar-refractivity contribution >= 4 is 24.1 Å². The Kier molecular flexibility index (Phi) is 6.20. The van der Waals surface area contributed by atoms with Crippen LogP contribution in [0.5, 0.6) is 0 Å². The van der Waals surface area contributed by atoms with Crippen LogP contribution in [0.4, 0.5) is 4.79 Å². The molecular formula is C17H23N4O3+. The van der Waals surface area contributed by atoms with E-state index in [2.05, 4.69) is 24.4 Å².